The number of aromatic nitrogens is 1. The summed E-state index contributed by atoms with van der Waals surface area (Å²) in [5.41, 5.74) is 1.35. The van der Waals surface area contributed by atoms with Crippen LogP contribution in [0.3, 0.4) is 0 Å². The van der Waals surface area contributed by atoms with E-state index in [0.29, 0.717) is 12.0 Å². The first-order valence-electron chi connectivity index (χ1n) is 6.57. The van der Waals surface area contributed by atoms with Gasteiger partial charge in [0.2, 0.25) is 0 Å². The Morgan fingerprint density at radius 1 is 1.47 bits per heavy atom. The molecule has 1 aliphatic heterocycles. The largest absolute Gasteiger partial charge is 0.370 e. The van der Waals surface area contributed by atoms with Crippen LogP contribution in [-0.4, -0.2) is 30.0 Å². The maximum Gasteiger partial charge on any atom is 0.125 e. The average Bonchev–Trinajstić information content (AvgIpc) is 2.73. The molecule has 1 aromatic rings. The number of likely N-dealkylation sites (tertiary alicyclic amines) is 1. The summed E-state index contributed by atoms with van der Waals surface area (Å²) >= 11 is 0. The Labute approximate surface area is 104 Å². The van der Waals surface area contributed by atoms with E-state index in [0.717, 1.165) is 12.4 Å². The highest BCUT2D eigenvalue weighted by atomic mass is 15.1. The lowest BCUT2D eigenvalue weighted by molar-refractivity contribution is 0.317. The van der Waals surface area contributed by atoms with Gasteiger partial charge in [0.25, 0.3) is 0 Å². The van der Waals surface area contributed by atoms with Gasteiger partial charge in [-0.3, -0.25) is 4.90 Å². The zero-order chi connectivity index (χ0) is 12.3. The smallest absolute Gasteiger partial charge is 0.125 e. The van der Waals surface area contributed by atoms with E-state index in [1.54, 1.807) is 0 Å². The second-order valence-electron chi connectivity index (χ2n) is 5.39. The van der Waals surface area contributed by atoms with Crippen molar-refractivity contribution < 1.29 is 0 Å². The second kappa shape index (κ2) is 5.50. The average molecular weight is 233 g/mol. The SMILES string of the molecule is CC(C)CNc1ccc([C@H]2CCCN2C)cn1. The van der Waals surface area contributed by atoms with Crippen molar-refractivity contribution in [3.8, 4) is 0 Å². The highest BCUT2D eigenvalue weighted by molar-refractivity contribution is 5.36. The monoisotopic (exact) mass is 233 g/mol. The number of anilines is 1. The van der Waals surface area contributed by atoms with Gasteiger partial charge in [0, 0.05) is 18.8 Å². The quantitative estimate of drug-likeness (QED) is 0.866. The minimum Gasteiger partial charge on any atom is -0.370 e. The third kappa shape index (κ3) is 3.19. The fourth-order valence-electron chi connectivity index (χ4n) is 2.35. The topological polar surface area (TPSA) is 28.2 Å². The Morgan fingerprint density at radius 2 is 2.29 bits per heavy atom. The second-order valence-corrected chi connectivity index (χ2v) is 5.39. The lowest BCUT2D eigenvalue weighted by atomic mass is 10.1. The summed E-state index contributed by atoms with van der Waals surface area (Å²) in [7, 11) is 2.20. The van der Waals surface area contributed by atoms with Crippen LogP contribution in [-0.2, 0) is 0 Å². The molecular weight excluding hydrogens is 210 g/mol. The Bertz CT molecular complexity index is 345. The van der Waals surface area contributed by atoms with Crippen LogP contribution in [0.2, 0.25) is 0 Å². The molecule has 1 saturated heterocycles. The van der Waals surface area contributed by atoms with Gasteiger partial charge in [0.15, 0.2) is 0 Å². The van der Waals surface area contributed by atoms with Gasteiger partial charge in [-0.2, -0.15) is 0 Å². The van der Waals surface area contributed by atoms with E-state index in [-0.39, 0.29) is 0 Å². The van der Waals surface area contributed by atoms with Crippen LogP contribution >= 0.6 is 0 Å². The highest BCUT2D eigenvalue weighted by Gasteiger charge is 2.22. The lowest BCUT2D eigenvalue weighted by Gasteiger charge is -2.19. The van der Waals surface area contributed by atoms with Crippen molar-refractivity contribution in [1.29, 1.82) is 0 Å². The molecule has 0 aliphatic carbocycles. The first kappa shape index (κ1) is 12.4. The molecule has 94 valence electrons. The Balaban J connectivity index is 1.97. The minimum atomic E-state index is 0.571. The fraction of sp³-hybridized carbons (Fsp3) is 0.643. The molecule has 3 nitrogen and oxygen atoms in total. The maximum absolute atomic E-state index is 4.49. The minimum absolute atomic E-state index is 0.571. The molecule has 2 heterocycles. The van der Waals surface area contributed by atoms with Crippen LogP contribution in [0.15, 0.2) is 18.3 Å². The van der Waals surface area contributed by atoms with Gasteiger partial charge in [0.1, 0.15) is 5.82 Å². The standard InChI is InChI=1S/C14H23N3/c1-11(2)9-15-14-7-6-12(10-16-14)13-5-4-8-17(13)3/h6-7,10-11,13H,4-5,8-9H2,1-3H3,(H,15,16)/t13-/m1/s1. The van der Waals surface area contributed by atoms with Crippen molar-refractivity contribution in [2.75, 3.05) is 25.5 Å². The van der Waals surface area contributed by atoms with Gasteiger partial charge in [-0.1, -0.05) is 19.9 Å². The number of hydrogen-bond acceptors (Lipinski definition) is 3. The molecule has 0 unspecified atom stereocenters. The summed E-state index contributed by atoms with van der Waals surface area (Å²) in [4.78, 5) is 6.91. The predicted molar refractivity (Wildman–Crippen MR) is 72.2 cm³/mol. The zero-order valence-corrected chi connectivity index (χ0v) is 11.1. The van der Waals surface area contributed by atoms with Gasteiger partial charge in [0.05, 0.1) is 0 Å². The number of pyridine rings is 1. The normalized spacial score (nSPS) is 21.1. The maximum atomic E-state index is 4.49. The molecule has 0 radical (unpaired) electrons. The van der Waals surface area contributed by atoms with Crippen molar-refractivity contribution in [1.82, 2.24) is 9.88 Å². The van der Waals surface area contributed by atoms with Gasteiger partial charge < -0.3 is 5.32 Å². The molecule has 1 atom stereocenters. The van der Waals surface area contributed by atoms with Crippen molar-refractivity contribution in [2.24, 2.45) is 5.92 Å². The molecule has 0 aromatic carbocycles. The van der Waals surface area contributed by atoms with E-state index in [4.69, 9.17) is 0 Å². The summed E-state index contributed by atoms with van der Waals surface area (Å²) in [5, 5.41) is 3.35. The van der Waals surface area contributed by atoms with E-state index in [1.807, 2.05) is 6.20 Å². The Morgan fingerprint density at radius 3 is 2.82 bits per heavy atom. The van der Waals surface area contributed by atoms with Gasteiger partial charge >= 0.3 is 0 Å². The van der Waals surface area contributed by atoms with Crippen molar-refractivity contribution in [3.05, 3.63) is 23.9 Å². The zero-order valence-electron chi connectivity index (χ0n) is 11.1. The van der Waals surface area contributed by atoms with Crippen LogP contribution < -0.4 is 5.32 Å². The third-order valence-electron chi connectivity index (χ3n) is 3.38. The molecule has 0 amide bonds. The summed E-state index contributed by atoms with van der Waals surface area (Å²) in [6.07, 6.45) is 4.58. The first-order valence-corrected chi connectivity index (χ1v) is 6.57. The molecule has 0 bridgehead atoms. The molecule has 1 aliphatic rings. The molecule has 1 N–H and O–H groups in total. The number of hydrogen-bond donors (Lipinski definition) is 1. The molecule has 17 heavy (non-hydrogen) atoms. The Hall–Kier alpha value is -1.09. The van der Waals surface area contributed by atoms with Crippen molar-refractivity contribution in [2.45, 2.75) is 32.7 Å². The highest BCUT2D eigenvalue weighted by Crippen LogP contribution is 2.29. The third-order valence-corrected chi connectivity index (χ3v) is 3.38. The molecule has 0 saturated carbocycles. The fourth-order valence-corrected chi connectivity index (χ4v) is 2.35. The molecular formula is C14H23N3. The van der Waals surface area contributed by atoms with Crippen LogP contribution in [0.25, 0.3) is 0 Å². The number of nitrogens with zero attached hydrogens (tertiary/aromatic N) is 2. The summed E-state index contributed by atoms with van der Waals surface area (Å²) in [6.45, 7) is 6.59. The Kier molecular flexibility index (Phi) is 4.00. The molecule has 2 rings (SSSR count). The first-order chi connectivity index (χ1) is 8.16. The summed E-state index contributed by atoms with van der Waals surface area (Å²) in [5.74, 6) is 1.64. The van der Waals surface area contributed by atoms with Crippen molar-refractivity contribution >= 4 is 5.82 Å². The predicted octanol–water partition coefficient (Wildman–Crippen LogP) is 2.92. The molecule has 1 aromatic heterocycles. The number of nitrogens with one attached hydrogen (secondary N) is 1. The van der Waals surface area contributed by atoms with Gasteiger partial charge in [-0.25, -0.2) is 4.98 Å². The van der Waals surface area contributed by atoms with Gasteiger partial charge in [-0.05, 0) is 44.0 Å². The van der Waals surface area contributed by atoms with Crippen LogP contribution in [0, 0.1) is 5.92 Å². The van der Waals surface area contributed by atoms with E-state index in [9.17, 15) is 0 Å². The van der Waals surface area contributed by atoms with Crippen LogP contribution in [0.5, 0.6) is 0 Å². The molecule has 1 fully saturated rings. The molecule has 0 spiro atoms. The van der Waals surface area contributed by atoms with Crippen LogP contribution in [0.1, 0.15) is 38.3 Å². The summed E-state index contributed by atoms with van der Waals surface area (Å²) < 4.78 is 0. The molecule has 3 heteroatoms. The summed E-state index contributed by atoms with van der Waals surface area (Å²) in [6, 6.07) is 4.88. The van der Waals surface area contributed by atoms with Crippen molar-refractivity contribution in [3.63, 3.8) is 0 Å². The van der Waals surface area contributed by atoms with Crippen LogP contribution in [0.4, 0.5) is 5.82 Å². The number of rotatable bonds is 4. The van der Waals surface area contributed by atoms with E-state index in [2.05, 4.69) is 48.2 Å². The van der Waals surface area contributed by atoms with Gasteiger partial charge in [-0.15, -0.1) is 0 Å². The van der Waals surface area contributed by atoms with E-state index in [1.165, 1.54) is 24.9 Å². The lowest BCUT2D eigenvalue weighted by Crippen LogP contribution is -2.17. The van der Waals surface area contributed by atoms with E-state index >= 15 is 0 Å². The van der Waals surface area contributed by atoms with E-state index < -0.39 is 0 Å².